The topological polar surface area (TPSA) is 39.1 Å². The Bertz CT molecular complexity index is 323. The molecule has 2 aliphatic rings. The molecule has 3 heteroatoms. The molecule has 2 fully saturated rings. The van der Waals surface area contributed by atoms with Crippen LogP contribution in [-0.4, -0.2) is 36.1 Å². The van der Waals surface area contributed by atoms with Crippen LogP contribution in [0.25, 0.3) is 0 Å². The number of likely N-dealkylation sites (tertiary alicyclic amines) is 1. The van der Waals surface area contributed by atoms with Gasteiger partial charge in [0.05, 0.1) is 6.07 Å². The summed E-state index contributed by atoms with van der Waals surface area (Å²) < 4.78 is 0. The molecule has 0 aromatic carbocycles. The van der Waals surface area contributed by atoms with Gasteiger partial charge in [0.25, 0.3) is 0 Å². The molecule has 0 aromatic heterocycles. The monoisotopic (exact) mass is 263 g/mol. The summed E-state index contributed by atoms with van der Waals surface area (Å²) in [7, 11) is 0. The van der Waals surface area contributed by atoms with Crippen molar-refractivity contribution in [3.8, 4) is 6.07 Å². The number of hydrogen-bond acceptors (Lipinski definition) is 3. The largest absolute Gasteiger partial charge is 0.300 e. The second-order valence-electron chi connectivity index (χ2n) is 6.83. The van der Waals surface area contributed by atoms with Gasteiger partial charge in [-0.1, -0.05) is 13.3 Å². The quantitative estimate of drug-likeness (QED) is 0.801. The van der Waals surface area contributed by atoms with Crippen molar-refractivity contribution in [2.45, 2.75) is 64.5 Å². The van der Waals surface area contributed by atoms with Crippen molar-refractivity contribution >= 4 is 0 Å². The Morgan fingerprint density at radius 3 is 2.53 bits per heavy atom. The Morgan fingerprint density at radius 1 is 1.37 bits per heavy atom. The van der Waals surface area contributed by atoms with Crippen LogP contribution >= 0.6 is 0 Å². The number of nitriles is 1. The molecule has 0 radical (unpaired) electrons. The summed E-state index contributed by atoms with van der Waals surface area (Å²) in [5.41, 5.74) is -0.368. The number of nitrogens with one attached hydrogen (secondary N) is 1. The van der Waals surface area contributed by atoms with E-state index in [-0.39, 0.29) is 5.54 Å². The van der Waals surface area contributed by atoms with Crippen LogP contribution in [0.5, 0.6) is 0 Å². The van der Waals surface area contributed by atoms with Gasteiger partial charge in [-0.2, -0.15) is 5.26 Å². The molecule has 0 bridgehead atoms. The van der Waals surface area contributed by atoms with Crippen molar-refractivity contribution in [2.24, 2.45) is 11.8 Å². The highest BCUT2D eigenvalue weighted by molar-refractivity contribution is 5.06. The predicted molar refractivity (Wildman–Crippen MR) is 78.8 cm³/mol. The van der Waals surface area contributed by atoms with Gasteiger partial charge in [-0.3, -0.25) is 10.2 Å². The van der Waals surface area contributed by atoms with Gasteiger partial charge in [0, 0.05) is 19.1 Å². The van der Waals surface area contributed by atoms with E-state index in [1.165, 1.54) is 32.4 Å². The Labute approximate surface area is 118 Å². The third kappa shape index (κ3) is 3.49. The average Bonchev–Trinajstić information content (AvgIpc) is 2.97. The van der Waals surface area contributed by atoms with Crippen molar-refractivity contribution in [2.75, 3.05) is 19.6 Å². The van der Waals surface area contributed by atoms with Gasteiger partial charge >= 0.3 is 0 Å². The molecular weight excluding hydrogens is 234 g/mol. The maximum Gasteiger partial charge on any atom is 0.105 e. The lowest BCUT2D eigenvalue weighted by Crippen LogP contribution is -2.47. The smallest absolute Gasteiger partial charge is 0.105 e. The molecular formula is C16H29N3. The molecule has 2 rings (SSSR count). The van der Waals surface area contributed by atoms with E-state index in [1.54, 1.807) is 0 Å². The molecule has 1 aliphatic heterocycles. The van der Waals surface area contributed by atoms with Crippen molar-refractivity contribution in [1.29, 1.82) is 5.26 Å². The molecule has 1 heterocycles. The van der Waals surface area contributed by atoms with Crippen LogP contribution in [-0.2, 0) is 0 Å². The van der Waals surface area contributed by atoms with Gasteiger partial charge in [-0.15, -0.1) is 0 Å². The zero-order valence-corrected chi connectivity index (χ0v) is 12.8. The van der Waals surface area contributed by atoms with Crippen molar-refractivity contribution in [1.82, 2.24) is 10.2 Å². The zero-order chi connectivity index (χ0) is 13.9. The molecule has 1 saturated heterocycles. The molecule has 4 atom stereocenters. The predicted octanol–water partition coefficient (Wildman–Crippen LogP) is 2.78. The fraction of sp³-hybridized carbons (Fsp3) is 0.938. The average molecular weight is 263 g/mol. The standard InChI is InChI=1S/C16H29N3/c1-4-8-18-16(3,12-17)9-13(2)19-10-14-6-5-7-15(14)11-19/h13-15,18H,4-11H2,1-3H3. The lowest BCUT2D eigenvalue weighted by atomic mass is 9.94. The van der Waals surface area contributed by atoms with Crippen molar-refractivity contribution in [3.05, 3.63) is 0 Å². The summed E-state index contributed by atoms with van der Waals surface area (Å²) in [4.78, 5) is 2.62. The second kappa shape index (κ2) is 6.24. The minimum atomic E-state index is -0.368. The van der Waals surface area contributed by atoms with E-state index < -0.39 is 0 Å². The van der Waals surface area contributed by atoms with Crippen molar-refractivity contribution < 1.29 is 0 Å². The minimum absolute atomic E-state index is 0.368. The lowest BCUT2D eigenvalue weighted by molar-refractivity contribution is 0.199. The highest BCUT2D eigenvalue weighted by Gasteiger charge is 2.39. The van der Waals surface area contributed by atoms with Gasteiger partial charge in [-0.25, -0.2) is 0 Å². The Morgan fingerprint density at radius 2 is 2.00 bits per heavy atom. The maximum atomic E-state index is 9.43. The van der Waals surface area contributed by atoms with E-state index in [2.05, 4.69) is 37.1 Å². The normalized spacial score (nSPS) is 31.7. The molecule has 3 nitrogen and oxygen atoms in total. The van der Waals surface area contributed by atoms with Crippen LogP contribution in [0.4, 0.5) is 0 Å². The molecule has 1 saturated carbocycles. The SMILES string of the molecule is CCCNC(C)(C#N)CC(C)N1CC2CCCC2C1. The van der Waals surface area contributed by atoms with Gasteiger partial charge in [0.15, 0.2) is 0 Å². The molecule has 4 unspecified atom stereocenters. The fourth-order valence-electron chi connectivity index (χ4n) is 3.91. The summed E-state index contributed by atoms with van der Waals surface area (Å²) >= 11 is 0. The number of nitrogens with zero attached hydrogens (tertiary/aromatic N) is 2. The lowest BCUT2D eigenvalue weighted by Gasteiger charge is -2.32. The van der Waals surface area contributed by atoms with E-state index in [4.69, 9.17) is 0 Å². The van der Waals surface area contributed by atoms with Crippen LogP contribution in [0.15, 0.2) is 0 Å². The number of rotatable bonds is 6. The second-order valence-corrected chi connectivity index (χ2v) is 6.83. The summed E-state index contributed by atoms with van der Waals surface area (Å²) in [6.45, 7) is 9.96. The van der Waals surface area contributed by atoms with Gasteiger partial charge in [0.2, 0.25) is 0 Å². The summed E-state index contributed by atoms with van der Waals surface area (Å²) in [5, 5.41) is 12.8. The first-order valence-corrected chi connectivity index (χ1v) is 7.98. The molecule has 0 amide bonds. The van der Waals surface area contributed by atoms with E-state index >= 15 is 0 Å². The first-order valence-electron chi connectivity index (χ1n) is 7.98. The van der Waals surface area contributed by atoms with Crippen LogP contribution < -0.4 is 5.32 Å². The highest BCUT2D eigenvalue weighted by atomic mass is 15.2. The van der Waals surface area contributed by atoms with E-state index in [0.29, 0.717) is 6.04 Å². The zero-order valence-electron chi connectivity index (χ0n) is 12.8. The Balaban J connectivity index is 1.86. The van der Waals surface area contributed by atoms with Crippen molar-refractivity contribution in [3.63, 3.8) is 0 Å². The number of hydrogen-bond donors (Lipinski definition) is 1. The minimum Gasteiger partial charge on any atom is -0.300 e. The van der Waals surface area contributed by atoms with Crippen LogP contribution in [0, 0.1) is 23.2 Å². The summed E-state index contributed by atoms with van der Waals surface area (Å²) in [6.07, 6.45) is 6.31. The van der Waals surface area contributed by atoms with E-state index in [9.17, 15) is 5.26 Å². The fourth-order valence-corrected chi connectivity index (χ4v) is 3.91. The molecule has 1 N–H and O–H groups in total. The van der Waals surface area contributed by atoms with E-state index in [0.717, 1.165) is 31.2 Å². The third-order valence-electron chi connectivity index (χ3n) is 5.09. The summed E-state index contributed by atoms with van der Waals surface area (Å²) in [5.74, 6) is 1.89. The highest BCUT2D eigenvalue weighted by Crippen LogP contribution is 2.39. The van der Waals surface area contributed by atoms with E-state index in [1.807, 2.05) is 0 Å². The van der Waals surface area contributed by atoms with Gasteiger partial charge < -0.3 is 0 Å². The summed E-state index contributed by atoms with van der Waals surface area (Å²) in [6, 6.07) is 2.99. The molecule has 0 aromatic rings. The third-order valence-corrected chi connectivity index (χ3v) is 5.09. The molecule has 108 valence electrons. The molecule has 1 aliphatic carbocycles. The first-order chi connectivity index (χ1) is 9.08. The first kappa shape index (κ1) is 14.8. The molecule has 19 heavy (non-hydrogen) atoms. The van der Waals surface area contributed by atoms with Gasteiger partial charge in [0.1, 0.15) is 5.54 Å². The van der Waals surface area contributed by atoms with Gasteiger partial charge in [-0.05, 0) is 57.9 Å². The molecule has 0 spiro atoms. The Kier molecular flexibility index (Phi) is 4.86. The Hall–Kier alpha value is -0.590. The maximum absolute atomic E-state index is 9.43. The van der Waals surface area contributed by atoms with Crippen LogP contribution in [0.3, 0.4) is 0 Å². The van der Waals surface area contributed by atoms with Crippen LogP contribution in [0.1, 0.15) is 52.9 Å². The van der Waals surface area contributed by atoms with Crippen LogP contribution in [0.2, 0.25) is 0 Å². The number of fused-ring (bicyclic) bond motifs is 1.